The maximum absolute atomic E-state index is 5.30. The van der Waals surface area contributed by atoms with Gasteiger partial charge in [-0.3, -0.25) is 0 Å². The average molecular weight is 141 g/mol. The molecule has 0 aliphatic carbocycles. The third-order valence-corrected chi connectivity index (χ3v) is 2.49. The summed E-state index contributed by atoms with van der Waals surface area (Å²) in [6.45, 7) is 5.96. The molecule has 0 N–H and O–H groups in total. The second kappa shape index (κ2) is 2.89. The number of rotatable bonds is 2. The van der Waals surface area contributed by atoms with Gasteiger partial charge in [0.05, 0.1) is 6.61 Å². The highest BCUT2D eigenvalue weighted by Gasteiger charge is 2.21. The summed E-state index contributed by atoms with van der Waals surface area (Å²) in [5, 5.41) is 0. The monoisotopic (exact) mass is 141 g/mol. The molecule has 2 saturated heterocycles. The lowest BCUT2D eigenvalue weighted by Crippen LogP contribution is -2.40. The molecule has 0 bridgehead atoms. The number of likely N-dealkylation sites (tertiary alicyclic amines) is 1. The van der Waals surface area contributed by atoms with Crippen molar-refractivity contribution < 1.29 is 4.74 Å². The molecule has 0 aromatic heterocycles. The molecule has 0 aromatic rings. The van der Waals surface area contributed by atoms with Crippen LogP contribution in [0.5, 0.6) is 0 Å². The van der Waals surface area contributed by atoms with Gasteiger partial charge in [-0.2, -0.15) is 0 Å². The largest absolute Gasteiger partial charge is 0.381 e. The molecule has 2 fully saturated rings. The zero-order chi connectivity index (χ0) is 6.81. The SMILES string of the molecule is C1CN(CC2CCOC2)C1. The topological polar surface area (TPSA) is 12.5 Å². The Morgan fingerprint density at radius 1 is 1.40 bits per heavy atom. The van der Waals surface area contributed by atoms with Crippen LogP contribution in [0.2, 0.25) is 0 Å². The van der Waals surface area contributed by atoms with E-state index in [-0.39, 0.29) is 0 Å². The Kier molecular flexibility index (Phi) is 1.91. The van der Waals surface area contributed by atoms with Crippen molar-refractivity contribution in [2.75, 3.05) is 32.8 Å². The van der Waals surface area contributed by atoms with E-state index in [1.807, 2.05) is 0 Å². The summed E-state index contributed by atoms with van der Waals surface area (Å²) in [4.78, 5) is 2.53. The normalized spacial score (nSPS) is 34.2. The number of nitrogens with zero attached hydrogens (tertiary/aromatic N) is 1. The van der Waals surface area contributed by atoms with E-state index in [0.29, 0.717) is 0 Å². The lowest BCUT2D eigenvalue weighted by molar-refractivity contribution is 0.133. The van der Waals surface area contributed by atoms with Gasteiger partial charge in [-0.15, -0.1) is 0 Å². The Balaban J connectivity index is 1.68. The van der Waals surface area contributed by atoms with E-state index in [2.05, 4.69) is 4.90 Å². The molecule has 0 aromatic carbocycles. The molecule has 1 atom stereocenters. The predicted octanol–water partition coefficient (Wildman–Crippen LogP) is 0.729. The summed E-state index contributed by atoms with van der Waals surface area (Å²) in [7, 11) is 0. The van der Waals surface area contributed by atoms with Gasteiger partial charge < -0.3 is 9.64 Å². The van der Waals surface area contributed by atoms with E-state index >= 15 is 0 Å². The maximum atomic E-state index is 5.30. The standard InChI is InChI=1S/C8H15NO/c1-3-9(4-1)6-8-2-5-10-7-8/h8H,1-7H2. The van der Waals surface area contributed by atoms with Gasteiger partial charge in [-0.05, 0) is 31.8 Å². The number of hydrogen-bond donors (Lipinski definition) is 0. The molecule has 2 heterocycles. The van der Waals surface area contributed by atoms with Crippen molar-refractivity contribution in [1.82, 2.24) is 4.90 Å². The van der Waals surface area contributed by atoms with Crippen LogP contribution in [0.4, 0.5) is 0 Å². The van der Waals surface area contributed by atoms with Crippen molar-refractivity contribution in [3.05, 3.63) is 0 Å². The average Bonchev–Trinajstić information content (AvgIpc) is 2.29. The van der Waals surface area contributed by atoms with Gasteiger partial charge in [-0.25, -0.2) is 0 Å². The number of hydrogen-bond acceptors (Lipinski definition) is 2. The fourth-order valence-corrected chi connectivity index (χ4v) is 1.66. The summed E-state index contributed by atoms with van der Waals surface area (Å²) in [5.74, 6) is 0.847. The van der Waals surface area contributed by atoms with Crippen molar-refractivity contribution in [3.63, 3.8) is 0 Å². The Morgan fingerprint density at radius 3 is 2.80 bits per heavy atom. The van der Waals surface area contributed by atoms with Crippen LogP contribution >= 0.6 is 0 Å². The van der Waals surface area contributed by atoms with Crippen molar-refractivity contribution in [3.8, 4) is 0 Å². The third-order valence-electron chi connectivity index (χ3n) is 2.49. The molecule has 2 aliphatic rings. The van der Waals surface area contributed by atoms with Crippen LogP contribution in [0.3, 0.4) is 0 Å². The van der Waals surface area contributed by atoms with E-state index in [9.17, 15) is 0 Å². The van der Waals surface area contributed by atoms with Crippen LogP contribution in [-0.4, -0.2) is 37.7 Å². The lowest BCUT2D eigenvalue weighted by Gasteiger charge is -2.32. The van der Waals surface area contributed by atoms with Gasteiger partial charge in [0.2, 0.25) is 0 Å². The molecule has 0 saturated carbocycles. The van der Waals surface area contributed by atoms with Crippen LogP contribution in [0.25, 0.3) is 0 Å². The molecule has 58 valence electrons. The first-order chi connectivity index (χ1) is 4.95. The molecule has 2 nitrogen and oxygen atoms in total. The molecule has 0 radical (unpaired) electrons. The molecule has 0 spiro atoms. The Labute approximate surface area is 62.2 Å². The highest BCUT2D eigenvalue weighted by molar-refractivity contribution is 4.74. The van der Waals surface area contributed by atoms with Gasteiger partial charge in [-0.1, -0.05) is 0 Å². The molecule has 0 amide bonds. The zero-order valence-electron chi connectivity index (χ0n) is 6.38. The maximum Gasteiger partial charge on any atom is 0.0507 e. The van der Waals surface area contributed by atoms with Crippen LogP contribution in [0, 0.1) is 5.92 Å². The summed E-state index contributed by atoms with van der Waals surface area (Å²) in [6.07, 6.45) is 2.70. The minimum Gasteiger partial charge on any atom is -0.381 e. The summed E-state index contributed by atoms with van der Waals surface area (Å²) in [5.41, 5.74) is 0. The quantitative estimate of drug-likeness (QED) is 0.562. The summed E-state index contributed by atoms with van der Waals surface area (Å²) in [6, 6.07) is 0. The molecular formula is C8H15NO. The van der Waals surface area contributed by atoms with Gasteiger partial charge in [0.15, 0.2) is 0 Å². The Hall–Kier alpha value is -0.0800. The third kappa shape index (κ3) is 1.32. The van der Waals surface area contributed by atoms with Crippen LogP contribution in [0.15, 0.2) is 0 Å². The zero-order valence-corrected chi connectivity index (χ0v) is 6.38. The van der Waals surface area contributed by atoms with Crippen molar-refractivity contribution in [2.45, 2.75) is 12.8 Å². The van der Waals surface area contributed by atoms with E-state index in [4.69, 9.17) is 4.74 Å². The first kappa shape index (κ1) is 6.62. The summed E-state index contributed by atoms with van der Waals surface area (Å²) >= 11 is 0. The van der Waals surface area contributed by atoms with E-state index in [1.54, 1.807) is 0 Å². The fraction of sp³-hybridized carbons (Fsp3) is 1.00. The highest BCUT2D eigenvalue weighted by Crippen LogP contribution is 2.16. The Bertz CT molecular complexity index is 106. The van der Waals surface area contributed by atoms with Gasteiger partial charge >= 0.3 is 0 Å². The van der Waals surface area contributed by atoms with E-state index in [0.717, 1.165) is 19.1 Å². The smallest absolute Gasteiger partial charge is 0.0507 e. The Morgan fingerprint density at radius 2 is 2.30 bits per heavy atom. The molecular weight excluding hydrogens is 126 g/mol. The first-order valence-corrected chi connectivity index (χ1v) is 4.25. The number of ether oxygens (including phenoxy) is 1. The molecule has 2 rings (SSSR count). The van der Waals surface area contributed by atoms with Crippen LogP contribution < -0.4 is 0 Å². The van der Waals surface area contributed by atoms with Crippen molar-refractivity contribution in [1.29, 1.82) is 0 Å². The van der Waals surface area contributed by atoms with Gasteiger partial charge in [0, 0.05) is 13.2 Å². The second-order valence-corrected chi connectivity index (χ2v) is 3.38. The van der Waals surface area contributed by atoms with E-state index < -0.39 is 0 Å². The minimum atomic E-state index is 0.847. The minimum absolute atomic E-state index is 0.847. The van der Waals surface area contributed by atoms with E-state index in [1.165, 1.54) is 32.5 Å². The predicted molar refractivity (Wildman–Crippen MR) is 40.0 cm³/mol. The first-order valence-electron chi connectivity index (χ1n) is 4.25. The van der Waals surface area contributed by atoms with Gasteiger partial charge in [0.25, 0.3) is 0 Å². The van der Waals surface area contributed by atoms with Crippen LogP contribution in [-0.2, 0) is 4.74 Å². The molecule has 10 heavy (non-hydrogen) atoms. The fourth-order valence-electron chi connectivity index (χ4n) is 1.66. The molecule has 1 unspecified atom stereocenters. The lowest BCUT2D eigenvalue weighted by atomic mass is 10.1. The molecule has 2 aliphatic heterocycles. The van der Waals surface area contributed by atoms with Crippen molar-refractivity contribution >= 4 is 0 Å². The van der Waals surface area contributed by atoms with Crippen molar-refractivity contribution in [2.24, 2.45) is 5.92 Å². The second-order valence-electron chi connectivity index (χ2n) is 3.38. The summed E-state index contributed by atoms with van der Waals surface area (Å²) < 4.78 is 5.30. The molecule has 2 heteroatoms. The van der Waals surface area contributed by atoms with Crippen LogP contribution in [0.1, 0.15) is 12.8 Å². The van der Waals surface area contributed by atoms with Gasteiger partial charge in [0.1, 0.15) is 0 Å². The highest BCUT2D eigenvalue weighted by atomic mass is 16.5.